The lowest BCUT2D eigenvalue weighted by Crippen LogP contribution is -2.45. The summed E-state index contributed by atoms with van der Waals surface area (Å²) in [7, 11) is 1.91. The van der Waals surface area contributed by atoms with Crippen LogP contribution >= 0.6 is 24.0 Å². The summed E-state index contributed by atoms with van der Waals surface area (Å²) in [5.74, 6) is 0.497. The fourth-order valence-electron chi connectivity index (χ4n) is 1.33. The number of nitrogens with one attached hydrogen (secondary N) is 1. The molecule has 0 fully saturated rings. The maximum atomic E-state index is 5.75. The van der Waals surface area contributed by atoms with E-state index in [4.69, 9.17) is 5.73 Å². The molecule has 0 unspecified atom stereocenters. The predicted molar refractivity (Wildman–Crippen MR) is 81.7 cm³/mol. The highest BCUT2D eigenvalue weighted by molar-refractivity contribution is 14.0. The van der Waals surface area contributed by atoms with Crippen molar-refractivity contribution in [2.45, 2.75) is 32.7 Å². The first-order chi connectivity index (χ1) is 7.37. The van der Waals surface area contributed by atoms with Crippen LogP contribution in [0.5, 0.6) is 0 Å². The lowest BCUT2D eigenvalue weighted by molar-refractivity contribution is 0.508. The summed E-state index contributed by atoms with van der Waals surface area (Å²) in [4.78, 5) is 4.26. The molecular weight excluding hydrogens is 329 g/mol. The van der Waals surface area contributed by atoms with Gasteiger partial charge in [0.2, 0.25) is 0 Å². The summed E-state index contributed by atoms with van der Waals surface area (Å²) in [5.41, 5.74) is 6.88. The Balaban J connectivity index is 0.00000256. The summed E-state index contributed by atoms with van der Waals surface area (Å²) in [6, 6.07) is 0. The molecule has 0 aliphatic rings. The first-order valence-corrected chi connectivity index (χ1v) is 5.42. The maximum absolute atomic E-state index is 5.75. The fraction of sp³-hybridized carbons (Fsp3) is 0.636. The van der Waals surface area contributed by atoms with Crippen molar-refractivity contribution in [2.75, 3.05) is 6.54 Å². The highest BCUT2D eigenvalue weighted by atomic mass is 127. The van der Waals surface area contributed by atoms with E-state index >= 15 is 0 Å². The highest BCUT2D eigenvalue weighted by Gasteiger charge is 2.09. The number of halogens is 1. The van der Waals surface area contributed by atoms with Crippen molar-refractivity contribution in [2.24, 2.45) is 17.8 Å². The van der Waals surface area contributed by atoms with E-state index in [1.807, 2.05) is 19.4 Å². The number of aryl methyl sites for hydroxylation is 1. The van der Waals surface area contributed by atoms with Crippen molar-refractivity contribution >= 4 is 29.9 Å². The summed E-state index contributed by atoms with van der Waals surface area (Å²) in [6.07, 6.45) is 4.70. The van der Waals surface area contributed by atoms with Crippen LogP contribution in [0, 0.1) is 0 Å². The summed E-state index contributed by atoms with van der Waals surface area (Å²) in [5, 5.41) is 7.21. The predicted octanol–water partition coefficient (Wildman–Crippen LogP) is 1.28. The minimum Gasteiger partial charge on any atom is -0.370 e. The first-order valence-electron chi connectivity index (χ1n) is 5.42. The van der Waals surface area contributed by atoms with E-state index in [1.165, 1.54) is 5.56 Å². The van der Waals surface area contributed by atoms with Crippen LogP contribution in [0.4, 0.5) is 0 Å². The zero-order chi connectivity index (χ0) is 12.2. The molecule has 0 amide bonds. The van der Waals surface area contributed by atoms with Crippen LogP contribution in [-0.2, 0) is 13.5 Å². The Kier molecular flexibility index (Phi) is 6.51. The molecule has 0 spiro atoms. The highest BCUT2D eigenvalue weighted by Crippen LogP contribution is 1.99. The molecule has 5 nitrogen and oxygen atoms in total. The van der Waals surface area contributed by atoms with Gasteiger partial charge in [0, 0.05) is 25.3 Å². The van der Waals surface area contributed by atoms with Crippen molar-refractivity contribution in [1.82, 2.24) is 15.1 Å². The SMILES string of the molecule is Cn1cc(CCN=C(N)NC(C)(C)C)cn1.I. The van der Waals surface area contributed by atoms with Gasteiger partial charge in [0.05, 0.1) is 6.20 Å². The third-order valence-corrected chi connectivity index (χ3v) is 1.94. The number of rotatable bonds is 3. The molecule has 1 rings (SSSR count). The Bertz CT molecular complexity index is 364. The third-order valence-electron chi connectivity index (χ3n) is 1.94. The zero-order valence-corrected chi connectivity index (χ0v) is 13.2. The van der Waals surface area contributed by atoms with Gasteiger partial charge in [0.15, 0.2) is 5.96 Å². The average Bonchev–Trinajstić information content (AvgIpc) is 2.48. The number of aliphatic imine (C=N–C) groups is 1. The largest absolute Gasteiger partial charge is 0.370 e. The summed E-state index contributed by atoms with van der Waals surface area (Å²) in [6.45, 7) is 6.84. The van der Waals surface area contributed by atoms with Crippen molar-refractivity contribution in [3.05, 3.63) is 18.0 Å². The van der Waals surface area contributed by atoms with E-state index in [0.29, 0.717) is 12.5 Å². The van der Waals surface area contributed by atoms with Gasteiger partial charge in [-0.15, -0.1) is 24.0 Å². The van der Waals surface area contributed by atoms with Crippen LogP contribution in [0.25, 0.3) is 0 Å². The molecule has 1 heterocycles. The Hall–Kier alpha value is -0.790. The van der Waals surface area contributed by atoms with Crippen LogP contribution < -0.4 is 11.1 Å². The molecule has 0 saturated heterocycles. The lowest BCUT2D eigenvalue weighted by atomic mass is 10.1. The monoisotopic (exact) mass is 351 g/mol. The maximum Gasteiger partial charge on any atom is 0.188 e. The molecule has 0 aromatic carbocycles. The van der Waals surface area contributed by atoms with E-state index in [2.05, 4.69) is 36.2 Å². The van der Waals surface area contributed by atoms with Gasteiger partial charge in [0.25, 0.3) is 0 Å². The first kappa shape index (κ1) is 16.2. The molecule has 0 saturated carbocycles. The normalized spacial score (nSPS) is 12.1. The summed E-state index contributed by atoms with van der Waals surface area (Å²) >= 11 is 0. The molecule has 17 heavy (non-hydrogen) atoms. The van der Waals surface area contributed by atoms with Gasteiger partial charge in [-0.25, -0.2) is 0 Å². The topological polar surface area (TPSA) is 68.2 Å². The molecule has 0 aliphatic heterocycles. The minimum atomic E-state index is -0.0398. The van der Waals surface area contributed by atoms with Crippen LogP contribution in [0.15, 0.2) is 17.4 Å². The second-order valence-electron chi connectivity index (χ2n) is 4.91. The van der Waals surface area contributed by atoms with E-state index < -0.39 is 0 Å². The quantitative estimate of drug-likeness (QED) is 0.490. The number of aromatic nitrogens is 2. The van der Waals surface area contributed by atoms with Crippen molar-refractivity contribution in [3.63, 3.8) is 0 Å². The van der Waals surface area contributed by atoms with Gasteiger partial charge in [-0.2, -0.15) is 5.10 Å². The van der Waals surface area contributed by atoms with Gasteiger partial charge in [-0.3, -0.25) is 9.67 Å². The zero-order valence-electron chi connectivity index (χ0n) is 10.9. The average molecular weight is 351 g/mol. The van der Waals surface area contributed by atoms with E-state index in [1.54, 1.807) is 4.68 Å². The smallest absolute Gasteiger partial charge is 0.188 e. The molecule has 0 aliphatic carbocycles. The van der Waals surface area contributed by atoms with E-state index in [0.717, 1.165) is 6.42 Å². The number of guanidine groups is 1. The van der Waals surface area contributed by atoms with Gasteiger partial charge >= 0.3 is 0 Å². The minimum absolute atomic E-state index is 0. The molecule has 1 aromatic heterocycles. The van der Waals surface area contributed by atoms with Crippen LogP contribution in [0.1, 0.15) is 26.3 Å². The number of nitrogens with zero attached hydrogens (tertiary/aromatic N) is 3. The van der Waals surface area contributed by atoms with Crippen LogP contribution in [-0.4, -0.2) is 27.8 Å². The van der Waals surface area contributed by atoms with Gasteiger partial charge in [-0.1, -0.05) is 0 Å². The Labute approximate surface area is 120 Å². The second-order valence-corrected chi connectivity index (χ2v) is 4.91. The lowest BCUT2D eigenvalue weighted by Gasteiger charge is -2.20. The standard InChI is InChI=1S/C11H21N5.HI/c1-11(2,3)15-10(12)13-6-5-9-7-14-16(4)8-9;/h7-8H,5-6H2,1-4H3,(H3,12,13,15);1H. The second kappa shape index (κ2) is 6.83. The van der Waals surface area contributed by atoms with E-state index in [9.17, 15) is 0 Å². The van der Waals surface area contributed by atoms with Gasteiger partial charge in [-0.05, 0) is 32.8 Å². The van der Waals surface area contributed by atoms with E-state index in [-0.39, 0.29) is 29.5 Å². The number of hydrogen-bond acceptors (Lipinski definition) is 2. The Morgan fingerprint density at radius 3 is 2.65 bits per heavy atom. The van der Waals surface area contributed by atoms with Gasteiger partial charge in [0.1, 0.15) is 0 Å². The molecule has 6 heteroatoms. The number of hydrogen-bond donors (Lipinski definition) is 2. The Morgan fingerprint density at radius 2 is 2.18 bits per heavy atom. The molecule has 0 bridgehead atoms. The van der Waals surface area contributed by atoms with Gasteiger partial charge < -0.3 is 11.1 Å². The summed E-state index contributed by atoms with van der Waals surface area (Å²) < 4.78 is 1.79. The van der Waals surface area contributed by atoms with Crippen molar-refractivity contribution in [1.29, 1.82) is 0 Å². The van der Waals surface area contributed by atoms with Crippen molar-refractivity contribution in [3.8, 4) is 0 Å². The van der Waals surface area contributed by atoms with Crippen molar-refractivity contribution < 1.29 is 0 Å². The molecule has 0 radical (unpaired) electrons. The molecule has 3 N–H and O–H groups in total. The molecule has 1 aromatic rings. The number of nitrogens with two attached hydrogens (primary N) is 1. The van der Waals surface area contributed by atoms with Crippen LogP contribution in [0.3, 0.4) is 0 Å². The molecular formula is C11H22IN5. The van der Waals surface area contributed by atoms with Crippen LogP contribution in [0.2, 0.25) is 0 Å². The third kappa shape index (κ3) is 7.19. The molecule has 98 valence electrons. The Morgan fingerprint density at radius 1 is 1.53 bits per heavy atom. The molecule has 0 atom stereocenters. The fourth-order valence-corrected chi connectivity index (χ4v) is 1.33.